The standard InChI is InChI=1S/C22H25FN2O3/c1-28-22-19-17(21(27)15(12-26)11-25(19)16-6-7-16)8-18(23)20(22)24-9-13-4-2-3-5-14(13)10-24/h8,11-14,16H,2-7,9-10H2,1H3/t13-,14+. The lowest BCUT2D eigenvalue weighted by Gasteiger charge is -2.24. The number of halogens is 1. The number of aromatic nitrogens is 1. The molecular formula is C22H25FN2O3. The summed E-state index contributed by atoms with van der Waals surface area (Å²) in [7, 11) is 1.54. The molecule has 2 aromatic rings. The van der Waals surface area contributed by atoms with E-state index in [2.05, 4.69) is 4.90 Å². The van der Waals surface area contributed by atoms with Crippen LogP contribution in [0.15, 0.2) is 17.1 Å². The average Bonchev–Trinajstić information content (AvgIpc) is 3.46. The van der Waals surface area contributed by atoms with Gasteiger partial charge in [-0.05, 0) is 43.6 Å². The lowest BCUT2D eigenvalue weighted by molar-refractivity contribution is 0.112. The summed E-state index contributed by atoms with van der Waals surface area (Å²) >= 11 is 0. The van der Waals surface area contributed by atoms with Crippen molar-refractivity contribution in [2.24, 2.45) is 11.8 Å². The summed E-state index contributed by atoms with van der Waals surface area (Å²) in [4.78, 5) is 26.2. The molecule has 0 bridgehead atoms. The molecule has 28 heavy (non-hydrogen) atoms. The van der Waals surface area contributed by atoms with Crippen LogP contribution in [0.3, 0.4) is 0 Å². The molecule has 6 heteroatoms. The van der Waals surface area contributed by atoms with Crippen LogP contribution >= 0.6 is 0 Å². The molecular weight excluding hydrogens is 359 g/mol. The lowest BCUT2D eigenvalue weighted by Crippen LogP contribution is -2.23. The highest BCUT2D eigenvalue weighted by atomic mass is 19.1. The molecule has 3 fully saturated rings. The molecule has 1 aromatic carbocycles. The van der Waals surface area contributed by atoms with Gasteiger partial charge in [-0.1, -0.05) is 12.8 Å². The second-order valence-electron chi connectivity index (χ2n) is 8.52. The van der Waals surface area contributed by atoms with E-state index in [1.54, 1.807) is 6.20 Å². The number of benzene rings is 1. The summed E-state index contributed by atoms with van der Waals surface area (Å²) in [6.07, 6.45) is 9.06. The molecule has 0 amide bonds. The number of hydrogen-bond donors (Lipinski definition) is 0. The van der Waals surface area contributed by atoms with Crippen molar-refractivity contribution >= 4 is 22.9 Å². The Balaban J connectivity index is 1.72. The lowest BCUT2D eigenvalue weighted by atomic mass is 9.82. The van der Waals surface area contributed by atoms with Crippen LogP contribution in [-0.2, 0) is 0 Å². The van der Waals surface area contributed by atoms with Crippen molar-refractivity contribution in [3.8, 4) is 5.75 Å². The van der Waals surface area contributed by atoms with E-state index in [0.717, 1.165) is 25.9 Å². The molecule has 1 saturated heterocycles. The van der Waals surface area contributed by atoms with Crippen molar-refractivity contribution in [3.05, 3.63) is 33.9 Å². The molecule has 5 rings (SSSR count). The van der Waals surface area contributed by atoms with Gasteiger partial charge in [0.15, 0.2) is 23.3 Å². The number of ether oxygens (including phenoxy) is 1. The Hall–Kier alpha value is -2.37. The Bertz CT molecular complexity index is 997. The molecule has 2 heterocycles. The van der Waals surface area contributed by atoms with Crippen molar-refractivity contribution in [1.29, 1.82) is 0 Å². The number of hydrogen-bond acceptors (Lipinski definition) is 4. The zero-order valence-electron chi connectivity index (χ0n) is 16.1. The van der Waals surface area contributed by atoms with E-state index in [1.807, 2.05) is 4.57 Å². The van der Waals surface area contributed by atoms with E-state index >= 15 is 4.39 Å². The SMILES string of the molecule is COc1c(N2C[C@H]3CCCC[C@H]3C2)c(F)cc2c(=O)c(C=O)cn(C3CC3)c12. The maximum Gasteiger partial charge on any atom is 0.200 e. The summed E-state index contributed by atoms with van der Waals surface area (Å²) in [5.74, 6) is 1.20. The molecule has 1 aliphatic heterocycles. The van der Waals surface area contributed by atoms with Gasteiger partial charge in [-0.25, -0.2) is 4.39 Å². The number of methoxy groups -OCH3 is 1. The van der Waals surface area contributed by atoms with Gasteiger partial charge >= 0.3 is 0 Å². The van der Waals surface area contributed by atoms with Crippen LogP contribution in [0.2, 0.25) is 0 Å². The molecule has 0 N–H and O–H groups in total. The first-order valence-electron chi connectivity index (χ1n) is 10.3. The highest BCUT2D eigenvalue weighted by Gasteiger charge is 2.38. The van der Waals surface area contributed by atoms with Crippen LogP contribution in [0.25, 0.3) is 10.9 Å². The van der Waals surface area contributed by atoms with Crippen LogP contribution in [0.1, 0.15) is 54.9 Å². The van der Waals surface area contributed by atoms with E-state index in [1.165, 1.54) is 38.9 Å². The normalized spacial score (nSPS) is 24.4. The Morgan fingerprint density at radius 3 is 2.39 bits per heavy atom. The topological polar surface area (TPSA) is 51.5 Å². The fourth-order valence-electron chi connectivity index (χ4n) is 5.27. The second-order valence-corrected chi connectivity index (χ2v) is 8.52. The van der Waals surface area contributed by atoms with Crippen molar-refractivity contribution in [2.45, 2.75) is 44.6 Å². The van der Waals surface area contributed by atoms with Gasteiger partial charge in [-0.3, -0.25) is 9.59 Å². The number of carbonyl (C=O) groups excluding carboxylic acids is 1. The van der Waals surface area contributed by atoms with Crippen LogP contribution in [0.5, 0.6) is 5.75 Å². The van der Waals surface area contributed by atoms with Crippen molar-refractivity contribution in [1.82, 2.24) is 4.57 Å². The summed E-state index contributed by atoms with van der Waals surface area (Å²) in [6.45, 7) is 1.67. The van der Waals surface area contributed by atoms with Gasteiger partial charge in [0.1, 0.15) is 5.69 Å². The van der Waals surface area contributed by atoms with Crippen molar-refractivity contribution < 1.29 is 13.9 Å². The van der Waals surface area contributed by atoms with E-state index in [9.17, 15) is 9.59 Å². The minimum absolute atomic E-state index is 0.0702. The fraction of sp³-hybridized carbons (Fsp3) is 0.545. The number of fused-ring (bicyclic) bond motifs is 2. The molecule has 148 valence electrons. The fourth-order valence-corrected chi connectivity index (χ4v) is 5.27. The summed E-state index contributed by atoms with van der Waals surface area (Å²) in [5.41, 5.74) is 0.727. The van der Waals surface area contributed by atoms with Crippen molar-refractivity contribution in [2.75, 3.05) is 25.1 Å². The predicted molar refractivity (Wildman–Crippen MR) is 106 cm³/mol. The van der Waals surface area contributed by atoms with Gasteiger partial charge in [0.05, 0.1) is 23.6 Å². The Labute approximate surface area is 163 Å². The first-order valence-corrected chi connectivity index (χ1v) is 10.3. The largest absolute Gasteiger partial charge is 0.492 e. The summed E-state index contributed by atoms with van der Waals surface area (Å²) in [6, 6.07) is 1.54. The number of aldehydes is 1. The number of pyridine rings is 1. The maximum atomic E-state index is 15.3. The van der Waals surface area contributed by atoms with Crippen LogP contribution in [-0.4, -0.2) is 31.1 Å². The Morgan fingerprint density at radius 1 is 1.14 bits per heavy atom. The smallest absolute Gasteiger partial charge is 0.200 e. The number of nitrogens with zero attached hydrogens (tertiary/aromatic N) is 2. The molecule has 5 nitrogen and oxygen atoms in total. The van der Waals surface area contributed by atoms with Gasteiger partial charge in [0, 0.05) is 25.3 Å². The van der Waals surface area contributed by atoms with Gasteiger partial charge in [-0.2, -0.15) is 0 Å². The van der Waals surface area contributed by atoms with Crippen LogP contribution in [0, 0.1) is 17.7 Å². The maximum absolute atomic E-state index is 15.3. The van der Waals surface area contributed by atoms with E-state index in [4.69, 9.17) is 4.74 Å². The predicted octanol–water partition coefficient (Wildman–Crippen LogP) is 3.92. The van der Waals surface area contributed by atoms with E-state index < -0.39 is 11.2 Å². The minimum atomic E-state index is -0.439. The Morgan fingerprint density at radius 2 is 1.82 bits per heavy atom. The minimum Gasteiger partial charge on any atom is -0.492 e. The number of rotatable bonds is 4. The van der Waals surface area contributed by atoms with Gasteiger partial charge < -0.3 is 14.2 Å². The molecule has 0 spiro atoms. The zero-order valence-corrected chi connectivity index (χ0v) is 16.1. The van der Waals surface area contributed by atoms with Crippen LogP contribution < -0.4 is 15.1 Å². The zero-order chi connectivity index (χ0) is 19.4. The van der Waals surface area contributed by atoms with Crippen LogP contribution in [0.4, 0.5) is 10.1 Å². The average molecular weight is 384 g/mol. The third kappa shape index (κ3) is 2.65. The van der Waals surface area contributed by atoms with E-state index in [0.29, 0.717) is 35.1 Å². The molecule has 0 unspecified atom stereocenters. The van der Waals surface area contributed by atoms with Gasteiger partial charge in [-0.15, -0.1) is 0 Å². The Kier molecular flexibility index (Phi) is 4.18. The first-order chi connectivity index (χ1) is 13.6. The molecule has 0 radical (unpaired) electrons. The summed E-state index contributed by atoms with van der Waals surface area (Å²) in [5, 5.41) is 0.228. The first kappa shape index (κ1) is 17.7. The molecule has 2 saturated carbocycles. The van der Waals surface area contributed by atoms with Gasteiger partial charge in [0.2, 0.25) is 0 Å². The molecule has 2 aliphatic carbocycles. The monoisotopic (exact) mass is 384 g/mol. The molecule has 1 aromatic heterocycles. The highest BCUT2D eigenvalue weighted by molar-refractivity contribution is 5.94. The summed E-state index contributed by atoms with van der Waals surface area (Å²) < 4.78 is 23.0. The highest BCUT2D eigenvalue weighted by Crippen LogP contribution is 2.46. The third-order valence-electron chi connectivity index (χ3n) is 6.79. The number of carbonyl (C=O) groups is 1. The molecule has 2 atom stereocenters. The van der Waals surface area contributed by atoms with E-state index in [-0.39, 0.29) is 17.0 Å². The molecule has 3 aliphatic rings. The quantitative estimate of drug-likeness (QED) is 0.750. The van der Waals surface area contributed by atoms with Crippen molar-refractivity contribution in [3.63, 3.8) is 0 Å². The second kappa shape index (κ2) is 6.61. The number of anilines is 1. The van der Waals surface area contributed by atoms with Gasteiger partial charge in [0.25, 0.3) is 0 Å². The third-order valence-corrected chi connectivity index (χ3v) is 6.79.